The number of amides is 1. The summed E-state index contributed by atoms with van der Waals surface area (Å²) in [7, 11) is -3.06. The van der Waals surface area contributed by atoms with Crippen LogP contribution in [-0.4, -0.2) is 54.0 Å². The van der Waals surface area contributed by atoms with Gasteiger partial charge in [0.2, 0.25) is 12.7 Å². The molecule has 2 atom stereocenters. The third kappa shape index (κ3) is 3.94. The van der Waals surface area contributed by atoms with Gasteiger partial charge in [0.25, 0.3) is 0 Å². The summed E-state index contributed by atoms with van der Waals surface area (Å²) < 4.78 is 34.9. The zero-order valence-corrected chi connectivity index (χ0v) is 16.9. The minimum atomic E-state index is -3.06. The summed E-state index contributed by atoms with van der Waals surface area (Å²) in [6, 6.07) is 5.53. The van der Waals surface area contributed by atoms with Gasteiger partial charge in [-0.3, -0.25) is 4.79 Å². The Morgan fingerprint density at radius 2 is 2.07 bits per heavy atom. The average molecular weight is 411 g/mol. The average Bonchev–Trinajstić information content (AvgIpc) is 3.21. The van der Waals surface area contributed by atoms with Gasteiger partial charge >= 0.3 is 0 Å². The standard InChI is InChI=1S/C18H22N2O5S2/c1-11(2)5-17(21)19-18-20(13-8-27(22,23)9-16(13)26-18)7-12-3-4-14-15(6-12)25-10-24-14/h3-4,6,11,13,16H,5,7-10H2,1-2H3/t13-,16+/m0/s1. The lowest BCUT2D eigenvalue weighted by Crippen LogP contribution is -2.37. The number of nitrogens with zero attached hydrogens (tertiary/aromatic N) is 2. The fourth-order valence-corrected chi connectivity index (χ4v) is 7.53. The number of fused-ring (bicyclic) bond motifs is 2. The Morgan fingerprint density at radius 1 is 1.30 bits per heavy atom. The maximum absolute atomic E-state index is 12.2. The first-order valence-electron chi connectivity index (χ1n) is 8.94. The molecule has 2 saturated heterocycles. The highest BCUT2D eigenvalue weighted by atomic mass is 32.2. The number of rotatable bonds is 4. The third-order valence-corrected chi connectivity index (χ3v) is 8.02. The number of carbonyl (C=O) groups is 1. The van der Waals surface area contributed by atoms with E-state index in [9.17, 15) is 13.2 Å². The first-order chi connectivity index (χ1) is 12.8. The van der Waals surface area contributed by atoms with E-state index in [0.717, 1.165) is 5.56 Å². The molecule has 1 aromatic rings. The van der Waals surface area contributed by atoms with E-state index in [1.165, 1.54) is 11.8 Å². The van der Waals surface area contributed by atoms with Gasteiger partial charge in [-0.1, -0.05) is 31.7 Å². The third-order valence-electron chi connectivity index (χ3n) is 4.77. The Kier molecular flexibility index (Phi) is 4.84. The van der Waals surface area contributed by atoms with Gasteiger partial charge in [0.1, 0.15) is 0 Å². The molecule has 0 unspecified atom stereocenters. The largest absolute Gasteiger partial charge is 0.454 e. The minimum Gasteiger partial charge on any atom is -0.454 e. The summed E-state index contributed by atoms with van der Waals surface area (Å²) >= 11 is 1.41. The molecule has 0 radical (unpaired) electrons. The fraction of sp³-hybridized carbons (Fsp3) is 0.556. The maximum atomic E-state index is 12.2. The number of amidine groups is 1. The molecule has 3 aliphatic rings. The smallest absolute Gasteiger partial charge is 0.248 e. The molecule has 0 bridgehead atoms. The van der Waals surface area contributed by atoms with Crippen LogP contribution in [0, 0.1) is 5.92 Å². The van der Waals surface area contributed by atoms with E-state index in [1.807, 2.05) is 36.9 Å². The molecule has 27 heavy (non-hydrogen) atoms. The summed E-state index contributed by atoms with van der Waals surface area (Å²) in [5, 5.41) is 0.554. The van der Waals surface area contributed by atoms with Crippen molar-refractivity contribution >= 4 is 32.7 Å². The molecule has 2 fully saturated rings. The Labute approximate surface area is 163 Å². The van der Waals surface area contributed by atoms with Crippen molar-refractivity contribution < 1.29 is 22.7 Å². The molecule has 0 N–H and O–H groups in total. The van der Waals surface area contributed by atoms with Crippen molar-refractivity contribution in [2.75, 3.05) is 18.3 Å². The molecule has 3 heterocycles. The zero-order valence-electron chi connectivity index (χ0n) is 15.3. The normalized spacial score (nSPS) is 26.8. The first kappa shape index (κ1) is 18.6. The van der Waals surface area contributed by atoms with Crippen molar-refractivity contribution in [2.24, 2.45) is 10.9 Å². The Hall–Kier alpha value is -1.74. The molecule has 7 nitrogen and oxygen atoms in total. The predicted molar refractivity (Wildman–Crippen MR) is 104 cm³/mol. The first-order valence-corrected chi connectivity index (χ1v) is 11.6. The van der Waals surface area contributed by atoms with Gasteiger partial charge in [0, 0.05) is 18.2 Å². The van der Waals surface area contributed by atoms with Crippen molar-refractivity contribution in [2.45, 2.75) is 38.1 Å². The van der Waals surface area contributed by atoms with Crippen molar-refractivity contribution in [1.82, 2.24) is 4.90 Å². The van der Waals surface area contributed by atoms with Gasteiger partial charge in [-0.2, -0.15) is 4.99 Å². The molecule has 1 amide bonds. The predicted octanol–water partition coefficient (Wildman–Crippen LogP) is 2.06. The molecule has 9 heteroatoms. The quantitative estimate of drug-likeness (QED) is 0.751. The molecule has 0 aliphatic carbocycles. The minimum absolute atomic E-state index is 0.0744. The molecule has 4 rings (SSSR count). The molecule has 0 spiro atoms. The van der Waals surface area contributed by atoms with E-state index in [0.29, 0.717) is 29.6 Å². The molecule has 0 aromatic heterocycles. The molecule has 146 valence electrons. The second kappa shape index (κ2) is 7.01. The SMILES string of the molecule is CC(C)CC(=O)N=C1S[C@@H]2CS(=O)(=O)C[C@@H]2N1Cc1ccc2c(c1)OCO2. The number of hydrogen-bond donors (Lipinski definition) is 0. The Bertz CT molecular complexity index is 897. The summed E-state index contributed by atoms with van der Waals surface area (Å²) in [4.78, 5) is 18.5. The van der Waals surface area contributed by atoms with E-state index in [2.05, 4.69) is 4.99 Å². The lowest BCUT2D eigenvalue weighted by atomic mass is 10.1. The molecule has 3 aliphatic heterocycles. The zero-order chi connectivity index (χ0) is 19.2. The van der Waals surface area contributed by atoms with Crippen LogP contribution in [0.15, 0.2) is 23.2 Å². The number of ether oxygens (including phenoxy) is 2. The Morgan fingerprint density at radius 3 is 2.85 bits per heavy atom. The second-order valence-corrected chi connectivity index (χ2v) is 10.9. The van der Waals surface area contributed by atoms with Crippen LogP contribution in [0.5, 0.6) is 11.5 Å². The highest BCUT2D eigenvalue weighted by molar-refractivity contribution is 8.15. The fourth-order valence-electron chi connectivity index (χ4n) is 3.56. The summed E-state index contributed by atoms with van der Waals surface area (Å²) in [5.41, 5.74) is 0.966. The van der Waals surface area contributed by atoms with Gasteiger partial charge in [-0.25, -0.2) is 8.42 Å². The molecule has 1 aromatic carbocycles. The van der Waals surface area contributed by atoms with Crippen LogP contribution in [0.3, 0.4) is 0 Å². The van der Waals surface area contributed by atoms with Crippen LogP contribution < -0.4 is 9.47 Å². The topological polar surface area (TPSA) is 85.3 Å². The lowest BCUT2D eigenvalue weighted by molar-refractivity contribution is -0.118. The molecular weight excluding hydrogens is 388 g/mol. The van der Waals surface area contributed by atoms with Crippen molar-refractivity contribution in [3.8, 4) is 11.5 Å². The van der Waals surface area contributed by atoms with E-state index in [1.54, 1.807) is 0 Å². The molecule has 0 saturated carbocycles. The monoisotopic (exact) mass is 410 g/mol. The van der Waals surface area contributed by atoms with Crippen LogP contribution in [0.25, 0.3) is 0 Å². The maximum Gasteiger partial charge on any atom is 0.248 e. The van der Waals surface area contributed by atoms with Crippen LogP contribution in [0.4, 0.5) is 0 Å². The lowest BCUT2D eigenvalue weighted by Gasteiger charge is -2.24. The van der Waals surface area contributed by atoms with Gasteiger partial charge < -0.3 is 14.4 Å². The van der Waals surface area contributed by atoms with E-state index < -0.39 is 9.84 Å². The van der Waals surface area contributed by atoms with Crippen LogP contribution in [-0.2, 0) is 21.2 Å². The van der Waals surface area contributed by atoms with Crippen molar-refractivity contribution in [1.29, 1.82) is 0 Å². The van der Waals surface area contributed by atoms with Gasteiger partial charge in [0.15, 0.2) is 26.5 Å². The Balaban J connectivity index is 1.60. The van der Waals surface area contributed by atoms with Crippen molar-refractivity contribution in [3.63, 3.8) is 0 Å². The van der Waals surface area contributed by atoms with Gasteiger partial charge in [-0.15, -0.1) is 0 Å². The highest BCUT2D eigenvalue weighted by Gasteiger charge is 2.48. The number of hydrogen-bond acceptors (Lipinski definition) is 6. The van der Waals surface area contributed by atoms with E-state index >= 15 is 0 Å². The summed E-state index contributed by atoms with van der Waals surface area (Å²) in [6.07, 6.45) is 0.384. The second-order valence-electron chi connectivity index (χ2n) is 7.50. The van der Waals surface area contributed by atoms with E-state index in [4.69, 9.17) is 9.47 Å². The number of thioether (sulfide) groups is 1. The van der Waals surface area contributed by atoms with Crippen LogP contribution >= 0.6 is 11.8 Å². The molecular formula is C18H22N2O5S2. The van der Waals surface area contributed by atoms with Crippen LogP contribution in [0.1, 0.15) is 25.8 Å². The van der Waals surface area contributed by atoms with Gasteiger partial charge in [0.05, 0.1) is 17.5 Å². The number of benzene rings is 1. The number of carbonyl (C=O) groups excluding carboxylic acids is 1. The van der Waals surface area contributed by atoms with Crippen LogP contribution in [0.2, 0.25) is 0 Å². The van der Waals surface area contributed by atoms with Gasteiger partial charge in [-0.05, 0) is 23.6 Å². The van der Waals surface area contributed by atoms with E-state index in [-0.39, 0.29) is 41.4 Å². The number of aliphatic imine (C=N–C) groups is 1. The highest BCUT2D eigenvalue weighted by Crippen LogP contribution is 2.40. The summed E-state index contributed by atoms with van der Waals surface area (Å²) in [6.45, 7) is 4.64. The number of sulfone groups is 1. The van der Waals surface area contributed by atoms with Crippen molar-refractivity contribution in [3.05, 3.63) is 23.8 Å². The summed E-state index contributed by atoms with van der Waals surface area (Å²) in [5.74, 6) is 1.70.